The van der Waals surface area contributed by atoms with Crippen LogP contribution in [0, 0.1) is 5.92 Å². The number of ether oxygens (including phenoxy) is 1. The molecule has 0 aromatic carbocycles. The maximum Gasteiger partial charge on any atom is 0.287 e. The fraction of sp³-hybridized carbons (Fsp3) is 0.556. The van der Waals surface area contributed by atoms with Crippen molar-refractivity contribution in [3.05, 3.63) is 21.6 Å². The predicted octanol–water partition coefficient (Wildman–Crippen LogP) is -0.147. The van der Waals surface area contributed by atoms with Crippen LogP contribution >= 0.6 is 11.6 Å². The summed E-state index contributed by atoms with van der Waals surface area (Å²) in [5.41, 5.74) is 0.108. The second-order valence-electron chi connectivity index (χ2n) is 3.85. The van der Waals surface area contributed by atoms with Crippen LogP contribution < -0.4 is 16.4 Å². The Morgan fingerprint density at radius 3 is 2.94 bits per heavy atom. The lowest BCUT2D eigenvalue weighted by Crippen LogP contribution is -2.37. The minimum atomic E-state index is -0.316. The van der Waals surface area contributed by atoms with Crippen LogP contribution in [0.4, 0.5) is 5.69 Å². The van der Waals surface area contributed by atoms with Crippen LogP contribution in [0.2, 0.25) is 5.02 Å². The van der Waals surface area contributed by atoms with E-state index in [4.69, 9.17) is 22.2 Å². The molecule has 16 heavy (non-hydrogen) atoms. The molecule has 0 spiro atoms. The number of hydrogen-bond acceptors (Lipinski definition) is 5. The Bertz CT molecular complexity index is 442. The summed E-state index contributed by atoms with van der Waals surface area (Å²) in [6.07, 6.45) is 1.49. The van der Waals surface area contributed by atoms with Gasteiger partial charge in [0.15, 0.2) is 0 Å². The molecule has 0 saturated carbocycles. The molecule has 1 fully saturated rings. The summed E-state index contributed by atoms with van der Waals surface area (Å²) in [4.78, 5) is 11.8. The van der Waals surface area contributed by atoms with Gasteiger partial charge < -0.3 is 9.75 Å². The summed E-state index contributed by atoms with van der Waals surface area (Å²) >= 11 is 5.91. The number of aromatic nitrogens is 2. The van der Waals surface area contributed by atoms with Crippen molar-refractivity contribution in [1.29, 1.82) is 0 Å². The molecule has 0 bridgehead atoms. The zero-order valence-corrected chi connectivity index (χ0v) is 9.65. The highest BCUT2D eigenvalue weighted by Crippen LogP contribution is 2.18. The Balaban J connectivity index is 2.27. The molecule has 0 radical (unpaired) electrons. The smallest absolute Gasteiger partial charge is 0.287 e. The van der Waals surface area contributed by atoms with Gasteiger partial charge in [-0.3, -0.25) is 4.79 Å². The van der Waals surface area contributed by atoms with Gasteiger partial charge in [-0.25, -0.2) is 10.5 Å². The number of nitrogens with two attached hydrogens (primary N) is 1. The van der Waals surface area contributed by atoms with Gasteiger partial charge in [-0.1, -0.05) is 11.6 Å². The minimum absolute atomic E-state index is 0.0974. The van der Waals surface area contributed by atoms with E-state index in [2.05, 4.69) is 5.10 Å². The average Bonchev–Trinajstić information content (AvgIpc) is 2.17. The fourth-order valence-electron chi connectivity index (χ4n) is 1.47. The van der Waals surface area contributed by atoms with Gasteiger partial charge in [0.2, 0.25) is 0 Å². The Labute approximate surface area is 97.5 Å². The number of hydrazine groups is 1. The van der Waals surface area contributed by atoms with E-state index < -0.39 is 0 Å². The van der Waals surface area contributed by atoms with Crippen LogP contribution in [0.15, 0.2) is 11.0 Å². The number of halogens is 1. The van der Waals surface area contributed by atoms with E-state index in [9.17, 15) is 4.79 Å². The number of rotatable bonds is 3. The predicted molar refractivity (Wildman–Crippen MR) is 60.4 cm³/mol. The molecule has 2 N–H and O–H groups in total. The third kappa shape index (κ3) is 2.04. The largest absolute Gasteiger partial charge is 0.381 e. The van der Waals surface area contributed by atoms with Crippen LogP contribution in [-0.4, -0.2) is 30.0 Å². The molecule has 1 aliphatic heterocycles. The topological polar surface area (TPSA) is 73.4 Å². The standard InChI is InChI=1S/C9H13ClN4O2/c1-13(11)7-2-12-14(9(15)8(7)10)3-6-4-16-5-6/h2,6H,3-5,11H2,1H3. The molecule has 0 atom stereocenters. The molecule has 1 saturated heterocycles. The summed E-state index contributed by atoms with van der Waals surface area (Å²) in [6.45, 7) is 1.88. The van der Waals surface area contributed by atoms with Crippen molar-refractivity contribution in [3.8, 4) is 0 Å². The van der Waals surface area contributed by atoms with E-state index in [0.717, 1.165) is 0 Å². The maximum absolute atomic E-state index is 11.8. The van der Waals surface area contributed by atoms with Gasteiger partial charge in [0.1, 0.15) is 5.02 Å². The Morgan fingerprint density at radius 1 is 1.75 bits per heavy atom. The maximum atomic E-state index is 11.8. The molecule has 0 unspecified atom stereocenters. The van der Waals surface area contributed by atoms with E-state index in [1.165, 1.54) is 15.9 Å². The lowest BCUT2D eigenvalue weighted by molar-refractivity contribution is -0.0414. The molecule has 2 rings (SSSR count). The SMILES string of the molecule is CN(N)c1cnn(CC2COC2)c(=O)c1Cl. The number of hydrogen-bond donors (Lipinski definition) is 1. The molecule has 1 aromatic heterocycles. The van der Waals surface area contributed by atoms with E-state index in [-0.39, 0.29) is 10.6 Å². The summed E-state index contributed by atoms with van der Waals surface area (Å²) < 4.78 is 6.38. The van der Waals surface area contributed by atoms with Crippen LogP contribution in [0.25, 0.3) is 0 Å². The van der Waals surface area contributed by atoms with Gasteiger partial charge in [-0.2, -0.15) is 5.10 Å². The molecule has 0 aliphatic carbocycles. The molecule has 2 heterocycles. The summed E-state index contributed by atoms with van der Waals surface area (Å²) in [6, 6.07) is 0. The first-order chi connectivity index (χ1) is 7.59. The monoisotopic (exact) mass is 244 g/mol. The van der Waals surface area contributed by atoms with Crippen molar-refractivity contribution >= 4 is 17.3 Å². The van der Waals surface area contributed by atoms with Crippen LogP contribution in [0.5, 0.6) is 0 Å². The third-order valence-corrected chi connectivity index (χ3v) is 2.84. The molecule has 0 amide bonds. The Hall–Kier alpha value is -1.11. The van der Waals surface area contributed by atoms with E-state index >= 15 is 0 Å². The minimum Gasteiger partial charge on any atom is -0.381 e. The van der Waals surface area contributed by atoms with Crippen molar-refractivity contribution < 1.29 is 4.74 Å². The fourth-order valence-corrected chi connectivity index (χ4v) is 1.75. The van der Waals surface area contributed by atoms with Crippen LogP contribution in [-0.2, 0) is 11.3 Å². The molecule has 88 valence electrons. The third-order valence-electron chi connectivity index (χ3n) is 2.48. The highest BCUT2D eigenvalue weighted by Gasteiger charge is 2.21. The van der Waals surface area contributed by atoms with Gasteiger partial charge in [0, 0.05) is 13.0 Å². The number of nitrogens with zero attached hydrogens (tertiary/aromatic N) is 3. The molecular weight excluding hydrogens is 232 g/mol. The van der Waals surface area contributed by atoms with Crippen LogP contribution in [0.1, 0.15) is 0 Å². The van der Waals surface area contributed by atoms with Crippen molar-refractivity contribution in [2.45, 2.75) is 6.54 Å². The molecule has 6 nitrogen and oxygen atoms in total. The van der Waals surface area contributed by atoms with Gasteiger partial charge in [0.25, 0.3) is 5.56 Å². The van der Waals surface area contributed by atoms with Crippen LogP contribution in [0.3, 0.4) is 0 Å². The van der Waals surface area contributed by atoms with Crippen molar-refractivity contribution in [2.75, 3.05) is 25.3 Å². The van der Waals surface area contributed by atoms with Crippen molar-refractivity contribution in [3.63, 3.8) is 0 Å². The summed E-state index contributed by atoms with van der Waals surface area (Å²) in [5.74, 6) is 5.86. The highest BCUT2D eigenvalue weighted by molar-refractivity contribution is 6.32. The second kappa shape index (κ2) is 4.40. The van der Waals surface area contributed by atoms with Crippen molar-refractivity contribution in [1.82, 2.24) is 9.78 Å². The zero-order chi connectivity index (χ0) is 11.7. The number of anilines is 1. The first kappa shape index (κ1) is 11.4. The first-order valence-corrected chi connectivity index (χ1v) is 5.29. The Kier molecular flexibility index (Phi) is 3.13. The lowest BCUT2D eigenvalue weighted by Gasteiger charge is -2.26. The molecule has 7 heteroatoms. The van der Waals surface area contributed by atoms with E-state index in [1.807, 2.05) is 0 Å². The highest BCUT2D eigenvalue weighted by atomic mass is 35.5. The average molecular weight is 245 g/mol. The van der Waals surface area contributed by atoms with Gasteiger partial charge in [0.05, 0.1) is 31.6 Å². The molecule has 1 aromatic rings. The molecular formula is C9H13ClN4O2. The quantitative estimate of drug-likeness (QED) is 0.592. The molecule has 1 aliphatic rings. The van der Waals surface area contributed by atoms with E-state index in [1.54, 1.807) is 7.05 Å². The first-order valence-electron chi connectivity index (χ1n) is 4.91. The zero-order valence-electron chi connectivity index (χ0n) is 8.89. The summed E-state index contributed by atoms with van der Waals surface area (Å²) in [7, 11) is 1.60. The van der Waals surface area contributed by atoms with Crippen molar-refractivity contribution in [2.24, 2.45) is 11.8 Å². The van der Waals surface area contributed by atoms with Gasteiger partial charge in [-0.05, 0) is 0 Å². The van der Waals surface area contributed by atoms with Gasteiger partial charge in [-0.15, -0.1) is 0 Å². The van der Waals surface area contributed by atoms with E-state index in [0.29, 0.717) is 31.4 Å². The summed E-state index contributed by atoms with van der Waals surface area (Å²) in [5, 5.41) is 5.39. The second-order valence-corrected chi connectivity index (χ2v) is 4.22. The Morgan fingerprint density at radius 2 is 2.44 bits per heavy atom. The van der Waals surface area contributed by atoms with Gasteiger partial charge >= 0.3 is 0 Å². The normalized spacial score (nSPS) is 15.9. The lowest BCUT2D eigenvalue weighted by atomic mass is 10.1.